The van der Waals surface area contributed by atoms with Crippen molar-refractivity contribution in [1.82, 2.24) is 0 Å². The van der Waals surface area contributed by atoms with Crippen LogP contribution in [0, 0.1) is 11.3 Å². The second-order valence-corrected chi connectivity index (χ2v) is 5.51. The molecule has 3 atom stereocenters. The van der Waals surface area contributed by atoms with Gasteiger partial charge in [-0.05, 0) is 25.7 Å². The Kier molecular flexibility index (Phi) is 4.95. The number of esters is 1. The predicted molar refractivity (Wildman–Crippen MR) is 66.5 cm³/mol. The van der Waals surface area contributed by atoms with Crippen molar-refractivity contribution >= 4 is 5.97 Å². The highest BCUT2D eigenvalue weighted by molar-refractivity contribution is 5.70. The summed E-state index contributed by atoms with van der Waals surface area (Å²) in [5, 5.41) is 0. The van der Waals surface area contributed by atoms with Gasteiger partial charge >= 0.3 is 5.97 Å². The molecule has 1 rings (SSSR count). The van der Waals surface area contributed by atoms with Crippen molar-refractivity contribution in [3.8, 4) is 0 Å². The molecule has 1 heterocycles. The number of methoxy groups -OCH3 is 1. The van der Waals surface area contributed by atoms with Crippen molar-refractivity contribution in [2.24, 2.45) is 17.1 Å². The van der Waals surface area contributed by atoms with Crippen LogP contribution in [0.2, 0.25) is 0 Å². The summed E-state index contributed by atoms with van der Waals surface area (Å²) < 4.78 is 10.5. The number of nitrogens with two attached hydrogens (primary N) is 1. The molecule has 1 saturated heterocycles. The molecule has 17 heavy (non-hydrogen) atoms. The van der Waals surface area contributed by atoms with Gasteiger partial charge in [-0.3, -0.25) is 4.79 Å². The van der Waals surface area contributed by atoms with Crippen LogP contribution in [-0.4, -0.2) is 31.8 Å². The van der Waals surface area contributed by atoms with Gasteiger partial charge in [0.1, 0.15) is 0 Å². The zero-order valence-electron chi connectivity index (χ0n) is 11.4. The van der Waals surface area contributed by atoms with Crippen LogP contribution in [0.3, 0.4) is 0 Å². The molecule has 1 fully saturated rings. The van der Waals surface area contributed by atoms with Gasteiger partial charge in [0.2, 0.25) is 0 Å². The molecule has 0 aliphatic carbocycles. The highest BCUT2D eigenvalue weighted by Crippen LogP contribution is 2.41. The molecular weight excluding hydrogens is 218 g/mol. The van der Waals surface area contributed by atoms with E-state index in [4.69, 9.17) is 15.2 Å². The Morgan fingerprint density at radius 3 is 2.65 bits per heavy atom. The van der Waals surface area contributed by atoms with E-state index in [0.29, 0.717) is 18.9 Å². The maximum Gasteiger partial charge on any atom is 0.306 e. The molecule has 1 aliphatic heterocycles. The summed E-state index contributed by atoms with van der Waals surface area (Å²) >= 11 is 0. The van der Waals surface area contributed by atoms with Crippen molar-refractivity contribution in [3.63, 3.8) is 0 Å². The van der Waals surface area contributed by atoms with Crippen LogP contribution in [0.25, 0.3) is 0 Å². The van der Waals surface area contributed by atoms with E-state index in [1.54, 1.807) is 0 Å². The zero-order valence-corrected chi connectivity index (χ0v) is 11.4. The van der Waals surface area contributed by atoms with Gasteiger partial charge in [0.05, 0.1) is 19.6 Å². The van der Waals surface area contributed by atoms with Gasteiger partial charge in [0.25, 0.3) is 0 Å². The molecule has 100 valence electrons. The summed E-state index contributed by atoms with van der Waals surface area (Å²) in [6, 6.07) is -0.0215. The number of ether oxygens (including phenoxy) is 2. The standard InChI is InChI=1S/C13H25NO3/c1-9(2)11-7-13(10(3)14,5-6-17-11)8-12(15)16-4/h9-11H,5-8,14H2,1-4H3. The fraction of sp³-hybridized carbons (Fsp3) is 0.923. The fourth-order valence-corrected chi connectivity index (χ4v) is 2.50. The largest absolute Gasteiger partial charge is 0.469 e. The van der Waals surface area contributed by atoms with Gasteiger partial charge in [-0.1, -0.05) is 13.8 Å². The summed E-state index contributed by atoms with van der Waals surface area (Å²) in [5.74, 6) is 0.276. The third-order valence-electron chi connectivity index (χ3n) is 3.97. The summed E-state index contributed by atoms with van der Waals surface area (Å²) in [6.07, 6.45) is 2.27. The molecule has 0 spiro atoms. The first kappa shape index (κ1) is 14.5. The summed E-state index contributed by atoms with van der Waals surface area (Å²) in [4.78, 5) is 11.5. The van der Waals surface area contributed by atoms with Crippen molar-refractivity contribution < 1.29 is 14.3 Å². The van der Waals surface area contributed by atoms with E-state index in [2.05, 4.69) is 13.8 Å². The van der Waals surface area contributed by atoms with E-state index in [1.807, 2.05) is 6.92 Å². The number of carbonyl (C=O) groups is 1. The lowest BCUT2D eigenvalue weighted by Gasteiger charge is -2.44. The van der Waals surface area contributed by atoms with Crippen LogP contribution in [0.15, 0.2) is 0 Å². The van der Waals surface area contributed by atoms with E-state index < -0.39 is 0 Å². The van der Waals surface area contributed by atoms with E-state index >= 15 is 0 Å². The molecule has 4 heteroatoms. The molecule has 0 amide bonds. The maximum atomic E-state index is 11.5. The van der Waals surface area contributed by atoms with Crippen LogP contribution < -0.4 is 5.73 Å². The third-order valence-corrected chi connectivity index (χ3v) is 3.97. The van der Waals surface area contributed by atoms with Crippen LogP contribution >= 0.6 is 0 Å². The lowest BCUT2D eigenvalue weighted by Crippen LogP contribution is -2.48. The summed E-state index contributed by atoms with van der Waals surface area (Å²) in [5.41, 5.74) is 5.94. The quantitative estimate of drug-likeness (QED) is 0.764. The molecule has 2 N–H and O–H groups in total. The van der Waals surface area contributed by atoms with Gasteiger partial charge in [-0.25, -0.2) is 0 Å². The van der Waals surface area contributed by atoms with Crippen LogP contribution in [-0.2, 0) is 14.3 Å². The Labute approximate surface area is 104 Å². The second kappa shape index (κ2) is 5.83. The van der Waals surface area contributed by atoms with Crippen LogP contribution in [0.1, 0.15) is 40.0 Å². The third kappa shape index (κ3) is 3.42. The maximum absolute atomic E-state index is 11.5. The van der Waals surface area contributed by atoms with E-state index in [-0.39, 0.29) is 23.5 Å². The zero-order chi connectivity index (χ0) is 13.1. The Bertz CT molecular complexity index is 265. The minimum absolute atomic E-state index is 0.0215. The normalized spacial score (nSPS) is 31.3. The number of carbonyl (C=O) groups excluding carboxylic acids is 1. The lowest BCUT2D eigenvalue weighted by atomic mass is 9.69. The van der Waals surface area contributed by atoms with Crippen molar-refractivity contribution in [2.45, 2.75) is 52.2 Å². The van der Waals surface area contributed by atoms with Crippen LogP contribution in [0.4, 0.5) is 0 Å². The molecule has 0 aromatic heterocycles. The fourth-order valence-electron chi connectivity index (χ4n) is 2.50. The summed E-state index contributed by atoms with van der Waals surface area (Å²) in [6.45, 7) is 6.94. The Balaban J connectivity index is 2.80. The molecule has 0 radical (unpaired) electrons. The molecule has 0 aromatic carbocycles. The Hall–Kier alpha value is -0.610. The van der Waals surface area contributed by atoms with Gasteiger partial charge in [-0.15, -0.1) is 0 Å². The highest BCUT2D eigenvalue weighted by atomic mass is 16.5. The van der Waals surface area contributed by atoms with Gasteiger partial charge in [0, 0.05) is 18.1 Å². The minimum Gasteiger partial charge on any atom is -0.469 e. The molecule has 0 bridgehead atoms. The molecule has 0 aromatic rings. The SMILES string of the molecule is COC(=O)CC1(C(C)N)CCOC(C(C)C)C1. The average molecular weight is 243 g/mol. The first-order valence-corrected chi connectivity index (χ1v) is 6.35. The first-order valence-electron chi connectivity index (χ1n) is 6.35. The number of hydrogen-bond acceptors (Lipinski definition) is 4. The van der Waals surface area contributed by atoms with Crippen molar-refractivity contribution in [2.75, 3.05) is 13.7 Å². The van der Waals surface area contributed by atoms with Gasteiger partial charge in [0.15, 0.2) is 0 Å². The molecule has 1 aliphatic rings. The smallest absolute Gasteiger partial charge is 0.306 e. The van der Waals surface area contributed by atoms with E-state index in [0.717, 1.165) is 12.8 Å². The molecule has 0 saturated carbocycles. The Morgan fingerprint density at radius 2 is 2.18 bits per heavy atom. The topological polar surface area (TPSA) is 61.5 Å². The van der Waals surface area contributed by atoms with E-state index in [9.17, 15) is 4.79 Å². The number of rotatable bonds is 4. The Morgan fingerprint density at radius 1 is 1.53 bits per heavy atom. The highest BCUT2D eigenvalue weighted by Gasteiger charge is 2.42. The van der Waals surface area contributed by atoms with E-state index in [1.165, 1.54) is 7.11 Å². The minimum atomic E-state index is -0.174. The monoisotopic (exact) mass is 243 g/mol. The first-order chi connectivity index (χ1) is 7.91. The molecular formula is C13H25NO3. The predicted octanol–water partition coefficient (Wildman–Crippen LogP) is 1.72. The second-order valence-electron chi connectivity index (χ2n) is 5.51. The van der Waals surface area contributed by atoms with Crippen molar-refractivity contribution in [1.29, 1.82) is 0 Å². The van der Waals surface area contributed by atoms with Crippen LogP contribution in [0.5, 0.6) is 0 Å². The average Bonchev–Trinajstić information content (AvgIpc) is 2.28. The van der Waals surface area contributed by atoms with Crippen molar-refractivity contribution in [3.05, 3.63) is 0 Å². The number of hydrogen-bond donors (Lipinski definition) is 1. The molecule has 4 nitrogen and oxygen atoms in total. The lowest BCUT2D eigenvalue weighted by molar-refractivity contribution is -0.148. The van der Waals surface area contributed by atoms with Gasteiger partial charge < -0.3 is 15.2 Å². The van der Waals surface area contributed by atoms with Gasteiger partial charge in [-0.2, -0.15) is 0 Å². The molecule has 3 unspecified atom stereocenters. The summed E-state index contributed by atoms with van der Waals surface area (Å²) in [7, 11) is 1.43.